The number of halogens is 3. The van der Waals surface area contributed by atoms with E-state index in [2.05, 4.69) is 15.3 Å². The van der Waals surface area contributed by atoms with Crippen LogP contribution in [-0.4, -0.2) is 22.7 Å². The first-order valence-electron chi connectivity index (χ1n) is 4.78. The highest BCUT2D eigenvalue weighted by Gasteiger charge is 2.25. The van der Waals surface area contributed by atoms with Crippen molar-refractivity contribution >= 4 is 11.8 Å². The molecule has 4 nitrogen and oxygen atoms in total. The molecule has 1 rings (SSSR count). The summed E-state index contributed by atoms with van der Waals surface area (Å²) in [5.41, 5.74) is 6.11. The number of nitrogens with one attached hydrogen (secondary N) is 1. The van der Waals surface area contributed by atoms with Crippen molar-refractivity contribution in [2.75, 3.05) is 17.6 Å². The highest BCUT2D eigenvalue weighted by Crippen LogP contribution is 2.21. The molecule has 0 fully saturated rings. The maximum atomic E-state index is 11.9. The number of anilines is 2. The van der Waals surface area contributed by atoms with Crippen molar-refractivity contribution in [3.63, 3.8) is 0 Å². The molecule has 0 spiro atoms. The molecule has 16 heavy (non-hydrogen) atoms. The van der Waals surface area contributed by atoms with Crippen LogP contribution in [0.4, 0.5) is 24.9 Å². The Labute approximate surface area is 91.1 Å². The number of aryl methyl sites for hydroxylation is 1. The van der Waals surface area contributed by atoms with Crippen LogP contribution in [-0.2, 0) is 0 Å². The summed E-state index contributed by atoms with van der Waals surface area (Å²) < 4.78 is 35.6. The number of alkyl halides is 3. The molecule has 0 saturated heterocycles. The molecule has 1 aromatic rings. The van der Waals surface area contributed by atoms with Crippen molar-refractivity contribution in [2.45, 2.75) is 25.9 Å². The minimum absolute atomic E-state index is 0.00679. The fraction of sp³-hybridized carbons (Fsp3) is 0.556. The monoisotopic (exact) mass is 234 g/mol. The Bertz CT molecular complexity index is 351. The maximum absolute atomic E-state index is 11.9. The average molecular weight is 234 g/mol. The Morgan fingerprint density at radius 2 is 2.12 bits per heavy atom. The predicted octanol–water partition coefficient (Wildman–Crippen LogP) is 2.12. The first-order chi connectivity index (χ1) is 7.38. The van der Waals surface area contributed by atoms with Gasteiger partial charge >= 0.3 is 6.18 Å². The zero-order valence-corrected chi connectivity index (χ0v) is 8.80. The van der Waals surface area contributed by atoms with E-state index in [4.69, 9.17) is 5.73 Å². The smallest absolute Gasteiger partial charge is 0.370 e. The van der Waals surface area contributed by atoms with Gasteiger partial charge in [-0.15, -0.1) is 0 Å². The van der Waals surface area contributed by atoms with Gasteiger partial charge in [-0.1, -0.05) is 0 Å². The summed E-state index contributed by atoms with van der Waals surface area (Å²) in [5, 5.41) is 2.80. The van der Waals surface area contributed by atoms with E-state index in [-0.39, 0.29) is 18.9 Å². The maximum Gasteiger partial charge on any atom is 0.389 e. The van der Waals surface area contributed by atoms with Gasteiger partial charge in [-0.2, -0.15) is 18.2 Å². The van der Waals surface area contributed by atoms with Crippen LogP contribution in [0.15, 0.2) is 6.20 Å². The summed E-state index contributed by atoms with van der Waals surface area (Å²) in [6, 6.07) is 0. The van der Waals surface area contributed by atoms with Gasteiger partial charge in [0, 0.05) is 24.7 Å². The van der Waals surface area contributed by atoms with Crippen LogP contribution in [0.5, 0.6) is 0 Å². The number of hydrogen-bond donors (Lipinski definition) is 2. The number of aromatic nitrogens is 2. The van der Waals surface area contributed by atoms with Gasteiger partial charge in [0.05, 0.1) is 0 Å². The van der Waals surface area contributed by atoms with Crippen LogP contribution in [0.3, 0.4) is 0 Å². The lowest BCUT2D eigenvalue weighted by molar-refractivity contribution is -0.134. The first kappa shape index (κ1) is 12.5. The van der Waals surface area contributed by atoms with Crippen molar-refractivity contribution < 1.29 is 13.2 Å². The van der Waals surface area contributed by atoms with E-state index in [0.29, 0.717) is 5.82 Å². The molecule has 0 aliphatic heterocycles. The molecule has 0 atom stereocenters. The van der Waals surface area contributed by atoms with E-state index >= 15 is 0 Å². The lowest BCUT2D eigenvalue weighted by Gasteiger charge is -2.09. The molecule has 1 heterocycles. The van der Waals surface area contributed by atoms with Crippen LogP contribution in [0.2, 0.25) is 0 Å². The molecule has 0 aliphatic rings. The average Bonchev–Trinajstić information content (AvgIpc) is 2.16. The molecule has 90 valence electrons. The molecule has 0 radical (unpaired) electrons. The Kier molecular flexibility index (Phi) is 3.92. The quantitative estimate of drug-likeness (QED) is 0.783. The van der Waals surface area contributed by atoms with Crippen molar-refractivity contribution in [3.8, 4) is 0 Å². The van der Waals surface area contributed by atoms with Crippen LogP contribution in [0, 0.1) is 6.92 Å². The fourth-order valence-electron chi connectivity index (χ4n) is 1.13. The van der Waals surface area contributed by atoms with Gasteiger partial charge < -0.3 is 11.1 Å². The zero-order valence-electron chi connectivity index (χ0n) is 8.80. The summed E-state index contributed by atoms with van der Waals surface area (Å²) in [6.07, 6.45) is -3.39. The molecule has 0 unspecified atom stereocenters. The number of nitrogen functional groups attached to an aromatic ring is 1. The standard InChI is InChI=1S/C9H13F3N4/c1-6-5-15-8(13)16-7(6)14-4-2-3-9(10,11)12/h5H,2-4H2,1H3,(H3,13,14,15,16). The van der Waals surface area contributed by atoms with Gasteiger partial charge in [0.2, 0.25) is 5.95 Å². The normalized spacial score (nSPS) is 11.5. The van der Waals surface area contributed by atoms with Gasteiger partial charge in [-0.3, -0.25) is 0 Å². The summed E-state index contributed by atoms with van der Waals surface area (Å²) in [6.45, 7) is 1.96. The van der Waals surface area contributed by atoms with Crippen LogP contribution >= 0.6 is 0 Å². The summed E-state index contributed by atoms with van der Waals surface area (Å²) in [5.74, 6) is 0.582. The third-order valence-corrected chi connectivity index (χ3v) is 1.92. The van der Waals surface area contributed by atoms with Crippen molar-refractivity contribution in [1.29, 1.82) is 0 Å². The predicted molar refractivity (Wildman–Crippen MR) is 55.0 cm³/mol. The molecule has 0 saturated carbocycles. The second-order valence-corrected chi connectivity index (χ2v) is 3.41. The van der Waals surface area contributed by atoms with Crippen LogP contribution in [0.1, 0.15) is 18.4 Å². The molecular formula is C9H13F3N4. The van der Waals surface area contributed by atoms with E-state index in [1.54, 1.807) is 6.92 Å². The number of nitrogens with zero attached hydrogens (tertiary/aromatic N) is 2. The van der Waals surface area contributed by atoms with E-state index < -0.39 is 12.6 Å². The van der Waals surface area contributed by atoms with E-state index in [9.17, 15) is 13.2 Å². The molecule has 1 aromatic heterocycles. The molecule has 0 aromatic carbocycles. The number of hydrogen-bond acceptors (Lipinski definition) is 4. The molecular weight excluding hydrogens is 221 g/mol. The topological polar surface area (TPSA) is 63.8 Å². The van der Waals surface area contributed by atoms with Crippen molar-refractivity contribution in [2.24, 2.45) is 0 Å². The summed E-state index contributed by atoms with van der Waals surface area (Å²) in [4.78, 5) is 7.63. The summed E-state index contributed by atoms with van der Waals surface area (Å²) >= 11 is 0. The van der Waals surface area contributed by atoms with Gasteiger partial charge in [-0.05, 0) is 13.3 Å². The Morgan fingerprint density at radius 1 is 1.44 bits per heavy atom. The van der Waals surface area contributed by atoms with Gasteiger partial charge in [0.25, 0.3) is 0 Å². The molecule has 3 N–H and O–H groups in total. The fourth-order valence-corrected chi connectivity index (χ4v) is 1.13. The Morgan fingerprint density at radius 3 is 2.75 bits per heavy atom. The van der Waals surface area contributed by atoms with Crippen LogP contribution < -0.4 is 11.1 Å². The highest BCUT2D eigenvalue weighted by molar-refractivity contribution is 5.44. The lowest BCUT2D eigenvalue weighted by Crippen LogP contribution is -2.12. The third-order valence-electron chi connectivity index (χ3n) is 1.92. The minimum atomic E-state index is -4.11. The number of nitrogens with two attached hydrogens (primary N) is 1. The largest absolute Gasteiger partial charge is 0.389 e. The summed E-state index contributed by atoms with van der Waals surface area (Å²) in [7, 11) is 0. The van der Waals surface area contributed by atoms with Crippen molar-refractivity contribution in [1.82, 2.24) is 9.97 Å². The molecule has 7 heteroatoms. The highest BCUT2D eigenvalue weighted by atomic mass is 19.4. The Hall–Kier alpha value is -1.53. The second kappa shape index (κ2) is 5.00. The third kappa shape index (κ3) is 4.33. The van der Waals surface area contributed by atoms with Gasteiger partial charge in [0.1, 0.15) is 5.82 Å². The van der Waals surface area contributed by atoms with Gasteiger partial charge in [0.15, 0.2) is 0 Å². The molecule has 0 aliphatic carbocycles. The van der Waals surface area contributed by atoms with Crippen LogP contribution in [0.25, 0.3) is 0 Å². The van der Waals surface area contributed by atoms with E-state index in [1.807, 2.05) is 0 Å². The molecule has 0 amide bonds. The van der Waals surface area contributed by atoms with E-state index in [0.717, 1.165) is 5.56 Å². The number of rotatable bonds is 4. The lowest BCUT2D eigenvalue weighted by atomic mass is 10.3. The second-order valence-electron chi connectivity index (χ2n) is 3.41. The SMILES string of the molecule is Cc1cnc(N)nc1NCCCC(F)(F)F. The zero-order chi connectivity index (χ0) is 12.2. The van der Waals surface area contributed by atoms with Gasteiger partial charge in [-0.25, -0.2) is 4.98 Å². The molecule has 0 bridgehead atoms. The Balaban J connectivity index is 2.40. The van der Waals surface area contributed by atoms with Crippen molar-refractivity contribution in [3.05, 3.63) is 11.8 Å². The minimum Gasteiger partial charge on any atom is -0.370 e. The van der Waals surface area contributed by atoms with E-state index in [1.165, 1.54) is 6.20 Å². The first-order valence-corrected chi connectivity index (χ1v) is 4.78.